The maximum Gasteiger partial charge on any atom is 0.253 e. The normalized spacial score (nSPS) is 15.8. The molecule has 0 bridgehead atoms. The SMILES string of the molecule is CCCN(CC(CO)N=O)C(=O)C1=Cc2ccc(-c3ccc(C(=O)N4CCCC4)cc3)cc2N=C(N)C1. The molecule has 0 saturated carbocycles. The van der Waals surface area contributed by atoms with Crippen molar-refractivity contribution in [2.75, 3.05) is 32.8 Å². The lowest BCUT2D eigenvalue weighted by Gasteiger charge is -2.24. The molecule has 0 spiro atoms. The van der Waals surface area contributed by atoms with Crippen molar-refractivity contribution in [2.45, 2.75) is 38.6 Å². The number of likely N-dealkylation sites (tertiary alicyclic amines) is 1. The van der Waals surface area contributed by atoms with Crippen molar-refractivity contribution in [3.05, 3.63) is 64.1 Å². The fourth-order valence-corrected chi connectivity index (χ4v) is 4.74. The number of amides is 2. The van der Waals surface area contributed by atoms with Crippen LogP contribution in [0.5, 0.6) is 0 Å². The highest BCUT2D eigenvalue weighted by molar-refractivity contribution is 6.05. The molecule has 0 aromatic heterocycles. The third-order valence-corrected chi connectivity index (χ3v) is 6.70. The number of nitrogens with zero attached hydrogens (tertiary/aromatic N) is 4. The van der Waals surface area contributed by atoms with Gasteiger partial charge >= 0.3 is 0 Å². The maximum atomic E-state index is 13.3. The van der Waals surface area contributed by atoms with Crippen LogP contribution in [0.25, 0.3) is 17.2 Å². The van der Waals surface area contributed by atoms with Gasteiger partial charge in [0.25, 0.3) is 5.91 Å². The Balaban J connectivity index is 1.57. The highest BCUT2D eigenvalue weighted by atomic mass is 16.3. The number of hydrogen-bond donors (Lipinski definition) is 2. The molecule has 4 rings (SSSR count). The van der Waals surface area contributed by atoms with Crippen LogP contribution in [0, 0.1) is 4.91 Å². The van der Waals surface area contributed by atoms with Crippen LogP contribution in [-0.4, -0.2) is 71.4 Å². The Bertz CT molecular complexity index is 1220. The summed E-state index contributed by atoms with van der Waals surface area (Å²) in [5, 5.41) is 12.3. The van der Waals surface area contributed by atoms with Gasteiger partial charge in [-0.1, -0.05) is 36.4 Å². The summed E-state index contributed by atoms with van der Waals surface area (Å²) in [5.41, 5.74) is 10.6. The monoisotopic (exact) mass is 503 g/mol. The van der Waals surface area contributed by atoms with Gasteiger partial charge in [-0.3, -0.25) is 9.59 Å². The predicted octanol–water partition coefficient (Wildman–Crippen LogP) is 3.73. The third kappa shape index (κ3) is 6.11. The molecule has 1 saturated heterocycles. The van der Waals surface area contributed by atoms with E-state index in [0.717, 1.165) is 42.6 Å². The van der Waals surface area contributed by atoms with Crippen LogP contribution in [0.2, 0.25) is 0 Å². The van der Waals surface area contributed by atoms with Crippen molar-refractivity contribution in [3.63, 3.8) is 0 Å². The van der Waals surface area contributed by atoms with Gasteiger partial charge in [0.2, 0.25) is 5.91 Å². The molecule has 9 nitrogen and oxygen atoms in total. The first-order valence-corrected chi connectivity index (χ1v) is 12.7. The van der Waals surface area contributed by atoms with Crippen LogP contribution in [0.15, 0.2) is 58.2 Å². The number of carbonyl (C=O) groups excluding carboxylic acids is 2. The summed E-state index contributed by atoms with van der Waals surface area (Å²) >= 11 is 0. The van der Waals surface area contributed by atoms with Crippen LogP contribution in [0.1, 0.15) is 48.5 Å². The second-order valence-corrected chi connectivity index (χ2v) is 9.49. The number of benzene rings is 2. The summed E-state index contributed by atoms with van der Waals surface area (Å²) < 4.78 is 0. The molecule has 2 amide bonds. The molecular weight excluding hydrogens is 470 g/mol. The van der Waals surface area contributed by atoms with E-state index in [1.807, 2.05) is 54.3 Å². The van der Waals surface area contributed by atoms with E-state index in [1.165, 1.54) is 4.90 Å². The Kier molecular flexibility index (Phi) is 8.45. The van der Waals surface area contributed by atoms with Crippen molar-refractivity contribution in [3.8, 4) is 11.1 Å². The number of nitroso groups, excluding NO2 is 1. The summed E-state index contributed by atoms with van der Waals surface area (Å²) in [4.78, 5) is 44.9. The van der Waals surface area contributed by atoms with Gasteiger partial charge in [-0.05, 0) is 54.7 Å². The summed E-state index contributed by atoms with van der Waals surface area (Å²) in [6.07, 6.45) is 4.77. The molecule has 2 aromatic carbocycles. The van der Waals surface area contributed by atoms with E-state index in [2.05, 4.69) is 10.2 Å². The Hall–Kier alpha value is -3.85. The van der Waals surface area contributed by atoms with Gasteiger partial charge in [-0.25, -0.2) is 4.99 Å². The number of aliphatic hydroxyl groups excluding tert-OH is 1. The van der Waals surface area contributed by atoms with Gasteiger partial charge < -0.3 is 20.6 Å². The molecule has 194 valence electrons. The molecule has 37 heavy (non-hydrogen) atoms. The Labute approximate surface area is 216 Å². The second kappa shape index (κ2) is 11.9. The minimum Gasteiger partial charge on any atom is -0.394 e. The molecule has 1 atom stereocenters. The first-order valence-electron chi connectivity index (χ1n) is 12.7. The van der Waals surface area contributed by atoms with Crippen molar-refractivity contribution in [1.29, 1.82) is 0 Å². The van der Waals surface area contributed by atoms with E-state index in [4.69, 9.17) is 5.73 Å². The Morgan fingerprint density at radius 2 is 1.84 bits per heavy atom. The summed E-state index contributed by atoms with van der Waals surface area (Å²) in [7, 11) is 0. The molecule has 9 heteroatoms. The summed E-state index contributed by atoms with van der Waals surface area (Å²) in [5.74, 6) is 0.125. The topological polar surface area (TPSA) is 129 Å². The average Bonchev–Trinajstić information content (AvgIpc) is 3.40. The quantitative estimate of drug-likeness (QED) is 0.504. The van der Waals surface area contributed by atoms with E-state index in [0.29, 0.717) is 35.6 Å². The van der Waals surface area contributed by atoms with Crippen LogP contribution in [0.4, 0.5) is 5.69 Å². The molecule has 2 aromatic rings. The highest BCUT2D eigenvalue weighted by Crippen LogP contribution is 2.32. The van der Waals surface area contributed by atoms with Crippen LogP contribution in [-0.2, 0) is 4.79 Å². The molecule has 0 aliphatic carbocycles. The summed E-state index contributed by atoms with van der Waals surface area (Å²) in [6.45, 7) is 3.62. The Morgan fingerprint density at radius 3 is 2.49 bits per heavy atom. The molecule has 2 aliphatic rings. The Morgan fingerprint density at radius 1 is 1.14 bits per heavy atom. The lowest BCUT2D eigenvalue weighted by molar-refractivity contribution is -0.127. The number of aliphatic hydroxyl groups is 1. The molecule has 3 N–H and O–H groups in total. The van der Waals surface area contributed by atoms with E-state index < -0.39 is 12.6 Å². The van der Waals surface area contributed by atoms with Crippen molar-refractivity contribution in [1.82, 2.24) is 9.80 Å². The zero-order valence-electron chi connectivity index (χ0n) is 21.1. The minimum absolute atomic E-state index is 0.0448. The number of nitrogens with two attached hydrogens (primary N) is 1. The maximum absolute atomic E-state index is 13.3. The van der Waals surface area contributed by atoms with E-state index in [1.54, 1.807) is 6.08 Å². The van der Waals surface area contributed by atoms with Crippen molar-refractivity contribution >= 4 is 29.4 Å². The number of hydrogen-bond acceptors (Lipinski definition) is 7. The number of fused-ring (bicyclic) bond motifs is 1. The van der Waals surface area contributed by atoms with Crippen LogP contribution >= 0.6 is 0 Å². The minimum atomic E-state index is -0.875. The van der Waals surface area contributed by atoms with Gasteiger partial charge in [0.15, 0.2) is 0 Å². The molecule has 2 heterocycles. The van der Waals surface area contributed by atoms with Crippen LogP contribution in [0.3, 0.4) is 0 Å². The van der Waals surface area contributed by atoms with Crippen molar-refractivity contribution in [2.24, 2.45) is 15.9 Å². The fraction of sp³-hybridized carbons (Fsp3) is 0.393. The van der Waals surface area contributed by atoms with Gasteiger partial charge in [0.05, 0.1) is 12.3 Å². The predicted molar refractivity (Wildman–Crippen MR) is 144 cm³/mol. The number of aliphatic imine (C=N–C) groups is 1. The van der Waals surface area contributed by atoms with Crippen LogP contribution < -0.4 is 5.73 Å². The van der Waals surface area contributed by atoms with E-state index in [-0.39, 0.29) is 24.8 Å². The standard InChI is InChI=1S/C28H33N5O4/c1-2-11-33(17-24(18-34)31-37)28(36)23-14-22-10-9-21(15-25(22)30-26(29)16-23)19-5-7-20(8-6-19)27(35)32-12-3-4-13-32/h5-10,14-15,24,34H,2-4,11-13,16-18H2,1H3,(H2,29,30). The third-order valence-electron chi connectivity index (χ3n) is 6.70. The van der Waals surface area contributed by atoms with Gasteiger partial charge in [0.1, 0.15) is 11.9 Å². The first kappa shape index (κ1) is 26.2. The molecule has 0 radical (unpaired) electrons. The second-order valence-electron chi connectivity index (χ2n) is 9.49. The van der Waals surface area contributed by atoms with E-state index in [9.17, 15) is 19.6 Å². The van der Waals surface area contributed by atoms with E-state index >= 15 is 0 Å². The average molecular weight is 504 g/mol. The van der Waals surface area contributed by atoms with Gasteiger partial charge in [-0.2, -0.15) is 4.91 Å². The fourth-order valence-electron chi connectivity index (χ4n) is 4.74. The lowest BCUT2D eigenvalue weighted by Crippen LogP contribution is -2.39. The number of amidine groups is 1. The zero-order chi connectivity index (χ0) is 26.4. The van der Waals surface area contributed by atoms with Gasteiger partial charge in [0, 0.05) is 49.3 Å². The van der Waals surface area contributed by atoms with Gasteiger partial charge in [-0.15, -0.1) is 0 Å². The lowest BCUT2D eigenvalue weighted by atomic mass is 9.99. The molecule has 1 unspecified atom stereocenters. The molecular formula is C28H33N5O4. The number of carbonyl (C=O) groups is 2. The molecule has 1 fully saturated rings. The molecule has 2 aliphatic heterocycles. The highest BCUT2D eigenvalue weighted by Gasteiger charge is 2.24. The largest absolute Gasteiger partial charge is 0.394 e. The smallest absolute Gasteiger partial charge is 0.253 e. The zero-order valence-corrected chi connectivity index (χ0v) is 21.1. The number of rotatable bonds is 9. The van der Waals surface area contributed by atoms with Crippen molar-refractivity contribution < 1.29 is 14.7 Å². The summed E-state index contributed by atoms with van der Waals surface area (Å²) in [6, 6.07) is 12.5. The first-order chi connectivity index (χ1) is 17.9.